The molecule has 7 heteroatoms. The number of carbonyl (C=O) groups is 2. The van der Waals surface area contributed by atoms with Crippen molar-refractivity contribution in [1.29, 1.82) is 0 Å². The van der Waals surface area contributed by atoms with E-state index >= 15 is 0 Å². The Morgan fingerprint density at radius 3 is 2.14 bits per heavy atom. The van der Waals surface area contributed by atoms with Crippen molar-refractivity contribution in [2.75, 3.05) is 10.6 Å². The minimum atomic E-state index is -0.119. The van der Waals surface area contributed by atoms with Crippen molar-refractivity contribution < 1.29 is 9.59 Å². The molecule has 2 aliphatic rings. The van der Waals surface area contributed by atoms with E-state index in [1.54, 1.807) is 6.07 Å². The number of nitrogens with one attached hydrogen (secondary N) is 2. The highest BCUT2D eigenvalue weighted by Crippen LogP contribution is 2.42. The number of anilines is 2. The first kappa shape index (κ1) is 20.8. The van der Waals surface area contributed by atoms with E-state index in [9.17, 15) is 9.59 Å². The van der Waals surface area contributed by atoms with Gasteiger partial charge in [0.25, 0.3) is 5.91 Å². The van der Waals surface area contributed by atoms with Gasteiger partial charge < -0.3 is 16.4 Å². The second kappa shape index (κ2) is 9.07. The lowest BCUT2D eigenvalue weighted by molar-refractivity contribution is -0.122. The van der Waals surface area contributed by atoms with E-state index in [0.717, 1.165) is 31.4 Å². The number of rotatable bonds is 4. The minimum absolute atomic E-state index is 0. The Balaban J connectivity index is 0.00000225. The van der Waals surface area contributed by atoms with E-state index in [1.165, 1.54) is 17.8 Å². The van der Waals surface area contributed by atoms with Crippen molar-refractivity contribution in [3.05, 3.63) is 46.7 Å². The standard InChI is InChI=1S/C21H25N3O2S.ClH/c22-19-13-3-1-4-14(19)12-15(11-13)20(25)23-16-6-8-17(9-7-16)24-21(26)18-5-2-10-27-18;/h2,5-10,13-15,19H,1,3-4,11-12,22H2,(H,23,25)(H,24,26);1H. The van der Waals surface area contributed by atoms with Crippen LogP contribution in [0.3, 0.4) is 0 Å². The summed E-state index contributed by atoms with van der Waals surface area (Å²) in [5.74, 6) is 1.01. The molecule has 2 unspecified atom stereocenters. The third-order valence-electron chi connectivity index (χ3n) is 5.94. The molecular weight excluding hydrogens is 394 g/mol. The molecule has 1 aromatic heterocycles. The van der Waals surface area contributed by atoms with E-state index in [1.807, 2.05) is 35.7 Å². The van der Waals surface area contributed by atoms with Crippen molar-refractivity contribution >= 4 is 46.9 Å². The third-order valence-corrected chi connectivity index (χ3v) is 6.81. The molecule has 0 aliphatic heterocycles. The highest BCUT2D eigenvalue weighted by molar-refractivity contribution is 7.12. The molecule has 5 nitrogen and oxygen atoms in total. The summed E-state index contributed by atoms with van der Waals surface area (Å²) in [5.41, 5.74) is 7.80. The molecule has 4 rings (SSSR count). The number of hydrogen-bond donors (Lipinski definition) is 3. The molecule has 2 aliphatic carbocycles. The quantitative estimate of drug-likeness (QED) is 0.681. The summed E-state index contributed by atoms with van der Waals surface area (Å²) >= 11 is 1.41. The first-order valence-corrected chi connectivity index (χ1v) is 10.5. The van der Waals surface area contributed by atoms with Gasteiger partial charge in [0, 0.05) is 23.3 Å². The highest BCUT2D eigenvalue weighted by atomic mass is 35.5. The highest BCUT2D eigenvalue weighted by Gasteiger charge is 2.40. The predicted molar refractivity (Wildman–Crippen MR) is 116 cm³/mol. The summed E-state index contributed by atoms with van der Waals surface area (Å²) < 4.78 is 0. The van der Waals surface area contributed by atoms with E-state index in [2.05, 4.69) is 10.6 Å². The Morgan fingerprint density at radius 2 is 1.57 bits per heavy atom. The van der Waals surface area contributed by atoms with Crippen molar-refractivity contribution in [2.45, 2.75) is 38.1 Å². The molecule has 2 fully saturated rings. The zero-order chi connectivity index (χ0) is 18.8. The maximum absolute atomic E-state index is 12.7. The summed E-state index contributed by atoms with van der Waals surface area (Å²) in [6.07, 6.45) is 5.35. The van der Waals surface area contributed by atoms with E-state index in [-0.39, 0.29) is 36.2 Å². The molecule has 4 N–H and O–H groups in total. The molecule has 2 aromatic rings. The molecule has 0 radical (unpaired) electrons. The van der Waals surface area contributed by atoms with Gasteiger partial charge in [-0.3, -0.25) is 9.59 Å². The Bertz CT molecular complexity index is 796. The zero-order valence-electron chi connectivity index (χ0n) is 15.6. The van der Waals surface area contributed by atoms with Crippen LogP contribution in [0.2, 0.25) is 0 Å². The van der Waals surface area contributed by atoms with Gasteiger partial charge in [-0.1, -0.05) is 12.5 Å². The fourth-order valence-electron chi connectivity index (χ4n) is 4.48. The Labute approximate surface area is 175 Å². The SMILES string of the molecule is Cl.NC1C2CCCC1CC(C(=O)Nc1ccc(NC(=O)c3cccs3)cc1)C2. The fraction of sp³-hybridized carbons (Fsp3) is 0.429. The van der Waals surface area contributed by atoms with Crippen molar-refractivity contribution in [2.24, 2.45) is 23.5 Å². The van der Waals surface area contributed by atoms with Gasteiger partial charge in [-0.15, -0.1) is 23.7 Å². The second-order valence-corrected chi connectivity index (χ2v) is 8.64. The van der Waals surface area contributed by atoms with Crippen LogP contribution in [0, 0.1) is 17.8 Å². The fourth-order valence-corrected chi connectivity index (χ4v) is 5.10. The Hall–Kier alpha value is -1.89. The average molecular weight is 420 g/mol. The Morgan fingerprint density at radius 1 is 0.964 bits per heavy atom. The number of hydrogen-bond acceptors (Lipinski definition) is 4. The number of amides is 2. The maximum atomic E-state index is 12.7. The van der Waals surface area contributed by atoms with Crippen LogP contribution in [-0.2, 0) is 4.79 Å². The number of nitrogens with two attached hydrogens (primary N) is 1. The van der Waals surface area contributed by atoms with Gasteiger partial charge in [-0.2, -0.15) is 0 Å². The Kier molecular flexibility index (Phi) is 6.75. The third kappa shape index (κ3) is 4.57. The molecule has 150 valence electrons. The molecule has 0 saturated heterocycles. The van der Waals surface area contributed by atoms with Crippen molar-refractivity contribution in [1.82, 2.24) is 0 Å². The zero-order valence-corrected chi connectivity index (χ0v) is 17.2. The molecule has 28 heavy (non-hydrogen) atoms. The van der Waals surface area contributed by atoms with Crippen LogP contribution in [0.25, 0.3) is 0 Å². The van der Waals surface area contributed by atoms with Crippen molar-refractivity contribution in [3.8, 4) is 0 Å². The van der Waals surface area contributed by atoms with Crippen LogP contribution in [0.5, 0.6) is 0 Å². The van der Waals surface area contributed by atoms with Gasteiger partial charge in [-0.25, -0.2) is 0 Å². The van der Waals surface area contributed by atoms with Crippen LogP contribution in [0.15, 0.2) is 41.8 Å². The van der Waals surface area contributed by atoms with Gasteiger partial charge in [-0.05, 0) is 73.2 Å². The molecule has 2 bridgehead atoms. The van der Waals surface area contributed by atoms with Gasteiger partial charge in [0.15, 0.2) is 0 Å². The summed E-state index contributed by atoms with van der Waals surface area (Å²) in [7, 11) is 0. The molecule has 2 atom stereocenters. The van der Waals surface area contributed by atoms with Crippen LogP contribution >= 0.6 is 23.7 Å². The summed E-state index contributed by atoms with van der Waals surface area (Å²) in [6, 6.07) is 11.2. The molecule has 2 saturated carbocycles. The van der Waals surface area contributed by atoms with Gasteiger partial charge >= 0.3 is 0 Å². The van der Waals surface area contributed by atoms with Gasteiger partial charge in [0.05, 0.1) is 4.88 Å². The average Bonchev–Trinajstić information content (AvgIpc) is 3.18. The maximum Gasteiger partial charge on any atom is 0.265 e. The lowest BCUT2D eigenvalue weighted by Gasteiger charge is -2.43. The van der Waals surface area contributed by atoms with E-state index in [4.69, 9.17) is 5.73 Å². The number of benzene rings is 1. The van der Waals surface area contributed by atoms with Gasteiger partial charge in [0.1, 0.15) is 0 Å². The van der Waals surface area contributed by atoms with Crippen LogP contribution in [-0.4, -0.2) is 17.9 Å². The van der Waals surface area contributed by atoms with E-state index in [0.29, 0.717) is 22.4 Å². The van der Waals surface area contributed by atoms with Crippen LogP contribution < -0.4 is 16.4 Å². The summed E-state index contributed by atoms with van der Waals surface area (Å²) in [6.45, 7) is 0. The predicted octanol–water partition coefficient (Wildman–Crippen LogP) is 4.51. The smallest absolute Gasteiger partial charge is 0.265 e. The molecule has 0 spiro atoms. The van der Waals surface area contributed by atoms with Gasteiger partial charge in [0.2, 0.25) is 5.91 Å². The normalized spacial score (nSPS) is 26.0. The molecule has 2 amide bonds. The second-order valence-electron chi connectivity index (χ2n) is 7.69. The largest absolute Gasteiger partial charge is 0.327 e. The minimum Gasteiger partial charge on any atom is -0.327 e. The van der Waals surface area contributed by atoms with Crippen LogP contribution in [0.4, 0.5) is 11.4 Å². The summed E-state index contributed by atoms with van der Waals surface area (Å²) in [4.78, 5) is 25.5. The number of fused-ring (bicyclic) bond motifs is 2. The summed E-state index contributed by atoms with van der Waals surface area (Å²) in [5, 5.41) is 7.77. The van der Waals surface area contributed by atoms with Crippen molar-refractivity contribution in [3.63, 3.8) is 0 Å². The lowest BCUT2D eigenvalue weighted by Crippen LogP contribution is -2.48. The number of carbonyl (C=O) groups excluding carboxylic acids is 2. The molecule has 1 aromatic carbocycles. The monoisotopic (exact) mass is 419 g/mol. The first-order valence-electron chi connectivity index (χ1n) is 9.61. The number of halogens is 1. The number of thiophene rings is 1. The van der Waals surface area contributed by atoms with E-state index < -0.39 is 0 Å². The molecule has 1 heterocycles. The first-order chi connectivity index (χ1) is 13.1. The van der Waals surface area contributed by atoms with Crippen LogP contribution in [0.1, 0.15) is 41.8 Å². The lowest BCUT2D eigenvalue weighted by atomic mass is 9.65. The topological polar surface area (TPSA) is 84.2 Å². The molecular formula is C21H26ClN3O2S.